The molecule has 3 aromatic carbocycles. The van der Waals surface area contributed by atoms with Crippen LogP contribution in [0.1, 0.15) is 33.9 Å². The fraction of sp³-hybridized carbons (Fsp3) is 0.136. The molecule has 0 saturated heterocycles. The van der Waals surface area contributed by atoms with E-state index >= 15 is 0 Å². The molecule has 3 aromatic rings. The molecule has 0 aromatic heterocycles. The van der Waals surface area contributed by atoms with Crippen LogP contribution in [0.2, 0.25) is 0 Å². The van der Waals surface area contributed by atoms with Gasteiger partial charge in [0.05, 0.1) is 6.04 Å². The van der Waals surface area contributed by atoms with Crippen molar-refractivity contribution in [3.05, 3.63) is 101 Å². The second kappa shape index (κ2) is 7.75. The number of ketones is 1. The van der Waals surface area contributed by atoms with Crippen molar-refractivity contribution < 1.29 is 9.18 Å². The first kappa shape index (κ1) is 16.9. The number of anilines is 1. The molecule has 3 rings (SSSR count). The second-order valence-corrected chi connectivity index (χ2v) is 6.11. The summed E-state index contributed by atoms with van der Waals surface area (Å²) in [6.07, 6.45) is 0.295. The van der Waals surface area contributed by atoms with Gasteiger partial charge in [-0.1, -0.05) is 60.2 Å². The maximum atomic E-state index is 13.3. The van der Waals surface area contributed by atoms with Crippen LogP contribution in [0.4, 0.5) is 10.1 Å². The average molecular weight is 333 g/mol. The molecule has 0 radical (unpaired) electrons. The lowest BCUT2D eigenvalue weighted by Crippen LogP contribution is -2.16. The van der Waals surface area contributed by atoms with Crippen LogP contribution in [0.3, 0.4) is 0 Å². The first-order valence-electron chi connectivity index (χ1n) is 8.29. The molecule has 0 aliphatic heterocycles. The third kappa shape index (κ3) is 4.54. The molecule has 0 spiro atoms. The van der Waals surface area contributed by atoms with Gasteiger partial charge in [-0.2, -0.15) is 0 Å². The lowest BCUT2D eigenvalue weighted by atomic mass is 9.97. The van der Waals surface area contributed by atoms with E-state index in [9.17, 15) is 9.18 Å². The van der Waals surface area contributed by atoms with Gasteiger partial charge in [0.1, 0.15) is 5.82 Å². The van der Waals surface area contributed by atoms with Gasteiger partial charge < -0.3 is 5.32 Å². The summed E-state index contributed by atoms with van der Waals surface area (Å²) < 4.78 is 13.3. The van der Waals surface area contributed by atoms with Crippen LogP contribution in [0.5, 0.6) is 0 Å². The smallest absolute Gasteiger partial charge is 0.165 e. The zero-order valence-electron chi connectivity index (χ0n) is 14.1. The molecule has 0 aliphatic carbocycles. The van der Waals surface area contributed by atoms with E-state index in [1.54, 1.807) is 12.1 Å². The van der Waals surface area contributed by atoms with E-state index in [1.807, 2.05) is 61.5 Å². The molecule has 1 N–H and O–H groups in total. The molecule has 0 saturated carbocycles. The number of Topliss-reactive ketones (excluding diaryl/α,β-unsaturated/α-hetero) is 1. The molecule has 25 heavy (non-hydrogen) atoms. The van der Waals surface area contributed by atoms with E-state index in [0.717, 1.165) is 11.3 Å². The Morgan fingerprint density at radius 3 is 2.20 bits per heavy atom. The summed E-state index contributed by atoms with van der Waals surface area (Å²) in [5.41, 5.74) is 3.66. The summed E-state index contributed by atoms with van der Waals surface area (Å²) in [6, 6.07) is 23.3. The monoisotopic (exact) mass is 333 g/mol. The normalized spacial score (nSPS) is 11.8. The third-order valence-electron chi connectivity index (χ3n) is 4.15. The molecule has 1 atom stereocenters. The Morgan fingerprint density at radius 2 is 1.56 bits per heavy atom. The number of carbonyl (C=O) groups excluding carboxylic acids is 1. The zero-order valence-corrected chi connectivity index (χ0v) is 14.1. The van der Waals surface area contributed by atoms with E-state index in [0.29, 0.717) is 12.0 Å². The molecule has 0 heterocycles. The van der Waals surface area contributed by atoms with Crippen molar-refractivity contribution in [2.75, 3.05) is 5.32 Å². The predicted molar refractivity (Wildman–Crippen MR) is 99.3 cm³/mol. The number of nitrogens with one attached hydrogen (secondary N) is 1. The molecule has 126 valence electrons. The highest BCUT2D eigenvalue weighted by atomic mass is 19.1. The fourth-order valence-electron chi connectivity index (χ4n) is 2.73. The van der Waals surface area contributed by atoms with Crippen molar-refractivity contribution >= 4 is 11.5 Å². The van der Waals surface area contributed by atoms with Crippen LogP contribution >= 0.6 is 0 Å². The quantitative estimate of drug-likeness (QED) is 0.598. The summed E-state index contributed by atoms with van der Waals surface area (Å²) in [5.74, 6) is -0.234. The summed E-state index contributed by atoms with van der Waals surface area (Å²) >= 11 is 0. The molecule has 3 heteroatoms. The highest BCUT2D eigenvalue weighted by Gasteiger charge is 2.17. The van der Waals surface area contributed by atoms with Crippen molar-refractivity contribution in [1.29, 1.82) is 0 Å². The Hall–Kier alpha value is -2.94. The summed E-state index contributed by atoms with van der Waals surface area (Å²) in [7, 11) is 0. The SMILES string of the molecule is Cc1ccc(N[C@H](CC(=O)c2ccccc2)c2ccc(F)cc2)cc1. The molecule has 0 bridgehead atoms. The summed E-state index contributed by atoms with van der Waals surface area (Å²) in [6.45, 7) is 2.03. The van der Waals surface area contributed by atoms with Crippen LogP contribution in [-0.2, 0) is 0 Å². The predicted octanol–water partition coefficient (Wildman–Crippen LogP) is 5.56. The van der Waals surface area contributed by atoms with E-state index in [2.05, 4.69) is 5.32 Å². The Morgan fingerprint density at radius 1 is 0.920 bits per heavy atom. The molecule has 0 amide bonds. The van der Waals surface area contributed by atoms with Crippen molar-refractivity contribution in [3.63, 3.8) is 0 Å². The summed E-state index contributed by atoms with van der Waals surface area (Å²) in [4.78, 5) is 12.6. The van der Waals surface area contributed by atoms with Gasteiger partial charge in [0.15, 0.2) is 5.78 Å². The van der Waals surface area contributed by atoms with Gasteiger partial charge in [-0.05, 0) is 36.8 Å². The van der Waals surface area contributed by atoms with Crippen molar-refractivity contribution in [2.45, 2.75) is 19.4 Å². The largest absolute Gasteiger partial charge is 0.378 e. The highest BCUT2D eigenvalue weighted by Crippen LogP contribution is 2.25. The van der Waals surface area contributed by atoms with Crippen LogP contribution in [0.25, 0.3) is 0 Å². The Balaban J connectivity index is 1.84. The Kier molecular flexibility index (Phi) is 5.24. The van der Waals surface area contributed by atoms with Gasteiger partial charge in [-0.15, -0.1) is 0 Å². The molecule has 0 unspecified atom stereocenters. The molecular formula is C22H20FNO. The van der Waals surface area contributed by atoms with Gasteiger partial charge in [-0.3, -0.25) is 4.79 Å². The number of benzene rings is 3. The van der Waals surface area contributed by atoms with Gasteiger partial charge in [0.2, 0.25) is 0 Å². The molecule has 2 nitrogen and oxygen atoms in total. The number of rotatable bonds is 6. The first-order valence-corrected chi connectivity index (χ1v) is 8.29. The van der Waals surface area contributed by atoms with E-state index < -0.39 is 0 Å². The van der Waals surface area contributed by atoms with E-state index in [-0.39, 0.29) is 17.6 Å². The number of halogens is 1. The van der Waals surface area contributed by atoms with Crippen molar-refractivity contribution in [3.8, 4) is 0 Å². The van der Waals surface area contributed by atoms with Gasteiger partial charge in [0.25, 0.3) is 0 Å². The molecular weight excluding hydrogens is 313 g/mol. The molecule has 0 fully saturated rings. The standard InChI is InChI=1S/C22H20FNO/c1-16-7-13-20(14-8-16)24-21(17-9-11-19(23)12-10-17)15-22(25)18-5-3-2-4-6-18/h2-14,21,24H,15H2,1H3/t21-/m1/s1. The average Bonchev–Trinajstić information content (AvgIpc) is 2.64. The Bertz CT molecular complexity index is 826. The van der Waals surface area contributed by atoms with Crippen molar-refractivity contribution in [2.24, 2.45) is 0 Å². The second-order valence-electron chi connectivity index (χ2n) is 6.11. The van der Waals surface area contributed by atoms with Crippen LogP contribution in [-0.4, -0.2) is 5.78 Å². The lowest BCUT2D eigenvalue weighted by Gasteiger charge is -2.20. The number of carbonyl (C=O) groups is 1. The third-order valence-corrected chi connectivity index (χ3v) is 4.15. The van der Waals surface area contributed by atoms with Crippen LogP contribution < -0.4 is 5.32 Å². The number of hydrogen-bond acceptors (Lipinski definition) is 2. The summed E-state index contributed by atoms with van der Waals surface area (Å²) in [5, 5.41) is 3.40. The first-order chi connectivity index (χ1) is 12.1. The topological polar surface area (TPSA) is 29.1 Å². The minimum atomic E-state index is -0.285. The van der Waals surface area contributed by atoms with Crippen LogP contribution in [0, 0.1) is 12.7 Å². The fourth-order valence-corrected chi connectivity index (χ4v) is 2.73. The minimum Gasteiger partial charge on any atom is -0.378 e. The lowest BCUT2D eigenvalue weighted by molar-refractivity contribution is 0.0976. The van der Waals surface area contributed by atoms with Gasteiger partial charge in [-0.25, -0.2) is 4.39 Å². The molecule has 0 aliphatic rings. The Labute approximate surface area is 147 Å². The van der Waals surface area contributed by atoms with Crippen LogP contribution in [0.15, 0.2) is 78.9 Å². The maximum Gasteiger partial charge on any atom is 0.165 e. The van der Waals surface area contributed by atoms with Crippen molar-refractivity contribution in [1.82, 2.24) is 0 Å². The van der Waals surface area contributed by atoms with Gasteiger partial charge >= 0.3 is 0 Å². The van der Waals surface area contributed by atoms with E-state index in [4.69, 9.17) is 0 Å². The number of hydrogen-bond donors (Lipinski definition) is 1. The van der Waals surface area contributed by atoms with E-state index in [1.165, 1.54) is 17.7 Å². The minimum absolute atomic E-state index is 0.0505. The maximum absolute atomic E-state index is 13.3. The highest BCUT2D eigenvalue weighted by molar-refractivity contribution is 5.96. The zero-order chi connectivity index (χ0) is 17.6. The number of aryl methyl sites for hydroxylation is 1. The van der Waals surface area contributed by atoms with Gasteiger partial charge in [0, 0.05) is 17.7 Å².